The molecule has 3 nitrogen and oxygen atoms in total. The van der Waals surface area contributed by atoms with Gasteiger partial charge in [0.15, 0.2) is 29.0 Å². The molecule has 1 N–H and O–H groups in total. The molecule has 0 spiro atoms. The number of hydrogen-bond donors (Lipinski definition) is 1. The Bertz CT molecular complexity index is 1460. The number of ether oxygens (including phenoxy) is 2. The van der Waals surface area contributed by atoms with Gasteiger partial charge in [0.1, 0.15) is 5.75 Å². The quantitative estimate of drug-likeness (QED) is 0.343. The fourth-order valence-corrected chi connectivity index (χ4v) is 4.85. The molecule has 0 unspecified atom stereocenters. The van der Waals surface area contributed by atoms with Crippen molar-refractivity contribution in [3.8, 4) is 39.5 Å². The second-order valence-corrected chi connectivity index (χ2v) is 8.68. The van der Waals surface area contributed by atoms with Crippen molar-refractivity contribution in [1.82, 2.24) is 0 Å². The van der Waals surface area contributed by atoms with E-state index in [-0.39, 0.29) is 11.3 Å². The minimum atomic E-state index is -1.49. The number of fused-ring (bicyclic) bond motifs is 5. The molecule has 1 aliphatic carbocycles. The second-order valence-electron chi connectivity index (χ2n) is 8.68. The number of halogens is 3. The van der Waals surface area contributed by atoms with Gasteiger partial charge in [0, 0.05) is 16.4 Å². The lowest BCUT2D eigenvalue weighted by Crippen LogP contribution is -2.15. The van der Waals surface area contributed by atoms with Crippen LogP contribution >= 0.6 is 0 Å². The zero-order valence-corrected chi connectivity index (χ0v) is 18.5. The maximum atomic E-state index is 14.5. The highest BCUT2D eigenvalue weighted by Crippen LogP contribution is 2.55. The predicted molar refractivity (Wildman–Crippen MR) is 122 cm³/mol. The molecule has 0 radical (unpaired) electrons. The molecular formula is C27H21F3O3. The summed E-state index contributed by atoms with van der Waals surface area (Å²) in [5.74, 6) is -2.80. The summed E-state index contributed by atoms with van der Waals surface area (Å²) in [6.07, 6.45) is 0. The molecule has 1 aliphatic rings. The summed E-state index contributed by atoms with van der Waals surface area (Å²) in [6.45, 7) is 4.02. The van der Waals surface area contributed by atoms with E-state index in [1.165, 1.54) is 13.2 Å². The van der Waals surface area contributed by atoms with Gasteiger partial charge in [0.2, 0.25) is 0 Å². The summed E-state index contributed by atoms with van der Waals surface area (Å²) in [6, 6.07) is 12.8. The molecule has 0 fully saturated rings. The third-order valence-corrected chi connectivity index (χ3v) is 6.60. The summed E-state index contributed by atoms with van der Waals surface area (Å²) in [5.41, 5.74) is 3.54. The smallest absolute Gasteiger partial charge is 0.195 e. The monoisotopic (exact) mass is 450 g/mol. The van der Waals surface area contributed by atoms with E-state index >= 15 is 0 Å². The van der Waals surface area contributed by atoms with Gasteiger partial charge in [0.05, 0.1) is 14.2 Å². The Morgan fingerprint density at radius 1 is 0.727 bits per heavy atom. The summed E-state index contributed by atoms with van der Waals surface area (Å²) in [7, 11) is 3.08. The molecule has 0 aromatic heterocycles. The van der Waals surface area contributed by atoms with Gasteiger partial charge in [-0.2, -0.15) is 0 Å². The van der Waals surface area contributed by atoms with Crippen LogP contribution in [0.4, 0.5) is 13.2 Å². The van der Waals surface area contributed by atoms with Gasteiger partial charge in [0.25, 0.3) is 0 Å². The van der Waals surface area contributed by atoms with E-state index in [0.717, 1.165) is 33.7 Å². The minimum absolute atomic E-state index is 0.0115. The van der Waals surface area contributed by atoms with E-state index < -0.39 is 22.9 Å². The van der Waals surface area contributed by atoms with Crippen molar-refractivity contribution in [3.05, 3.63) is 77.1 Å². The lowest BCUT2D eigenvalue weighted by atomic mass is 9.81. The van der Waals surface area contributed by atoms with Crippen molar-refractivity contribution in [2.75, 3.05) is 14.2 Å². The lowest BCUT2D eigenvalue weighted by Gasteiger charge is -2.23. The Labute approximate surface area is 189 Å². The number of aromatic hydroxyl groups is 1. The molecular weight excluding hydrogens is 429 g/mol. The highest BCUT2D eigenvalue weighted by molar-refractivity contribution is 6.06. The van der Waals surface area contributed by atoms with Crippen molar-refractivity contribution in [2.24, 2.45) is 0 Å². The number of phenols is 1. The molecule has 0 saturated heterocycles. The molecule has 0 atom stereocenters. The number of rotatable bonds is 3. The number of phenolic OH excluding ortho intramolecular Hbond substituents is 1. The Morgan fingerprint density at radius 3 is 2.03 bits per heavy atom. The summed E-state index contributed by atoms with van der Waals surface area (Å²) in [5, 5.41) is 12.2. The van der Waals surface area contributed by atoms with E-state index in [9.17, 15) is 18.3 Å². The third kappa shape index (κ3) is 2.90. The molecule has 5 rings (SSSR count). The standard InChI is InChI=1S/C27H21F3O3/c1-27(2)18-9-13(14-7-8-20(28)26(30)25(14)29)5-6-15(18)24-17-11-23(33-4)22(32-3)10-16(17)21(31)12-19(24)27/h5-12,31H,1-4H3. The van der Waals surface area contributed by atoms with Gasteiger partial charge in [-0.25, -0.2) is 13.2 Å². The average molecular weight is 450 g/mol. The van der Waals surface area contributed by atoms with Crippen molar-refractivity contribution < 1.29 is 27.8 Å². The molecule has 0 bridgehead atoms. The first-order chi connectivity index (χ1) is 15.7. The zero-order chi connectivity index (χ0) is 23.7. The van der Waals surface area contributed by atoms with Crippen LogP contribution in [0.25, 0.3) is 33.0 Å². The fourth-order valence-electron chi connectivity index (χ4n) is 4.85. The lowest BCUT2D eigenvalue weighted by molar-refractivity contribution is 0.355. The van der Waals surface area contributed by atoms with E-state index in [4.69, 9.17) is 9.47 Å². The SMILES string of the molecule is COc1cc2c(O)cc3c(c2cc1OC)-c1ccc(-c2ccc(F)c(F)c2F)cc1C3(C)C. The zero-order valence-electron chi connectivity index (χ0n) is 18.5. The van der Waals surface area contributed by atoms with Crippen LogP contribution in [0.15, 0.2) is 48.5 Å². The van der Waals surface area contributed by atoms with Crippen LogP contribution in [-0.2, 0) is 5.41 Å². The second kappa shape index (κ2) is 7.17. The van der Waals surface area contributed by atoms with Crippen LogP contribution in [0.2, 0.25) is 0 Å². The van der Waals surface area contributed by atoms with Gasteiger partial charge in [-0.1, -0.05) is 26.0 Å². The number of benzene rings is 4. The van der Waals surface area contributed by atoms with Crippen molar-refractivity contribution in [2.45, 2.75) is 19.3 Å². The molecule has 0 heterocycles. The maximum absolute atomic E-state index is 14.5. The summed E-state index contributed by atoms with van der Waals surface area (Å²) < 4.78 is 52.7. The van der Waals surface area contributed by atoms with Crippen LogP contribution in [0, 0.1) is 17.5 Å². The molecule has 0 aliphatic heterocycles. The first kappa shape index (κ1) is 21.2. The average Bonchev–Trinajstić information content (AvgIpc) is 3.03. The molecule has 168 valence electrons. The Kier molecular flexibility index (Phi) is 4.60. The van der Waals surface area contributed by atoms with E-state index in [1.54, 1.807) is 31.4 Å². The predicted octanol–water partition coefficient (Wildman–Crippen LogP) is 6.95. The molecule has 33 heavy (non-hydrogen) atoms. The largest absolute Gasteiger partial charge is 0.507 e. The van der Waals surface area contributed by atoms with E-state index in [1.807, 2.05) is 26.0 Å². The maximum Gasteiger partial charge on any atom is 0.195 e. The highest BCUT2D eigenvalue weighted by atomic mass is 19.2. The first-order valence-electron chi connectivity index (χ1n) is 10.4. The van der Waals surface area contributed by atoms with Gasteiger partial charge in [-0.3, -0.25) is 0 Å². The van der Waals surface area contributed by atoms with Crippen LogP contribution in [0.5, 0.6) is 17.2 Å². The first-order valence-corrected chi connectivity index (χ1v) is 10.4. The summed E-state index contributed by atoms with van der Waals surface area (Å²) in [4.78, 5) is 0. The van der Waals surface area contributed by atoms with Gasteiger partial charge < -0.3 is 14.6 Å². The number of hydrogen-bond acceptors (Lipinski definition) is 3. The Hall–Kier alpha value is -3.67. The summed E-state index contributed by atoms with van der Waals surface area (Å²) >= 11 is 0. The fraction of sp³-hybridized carbons (Fsp3) is 0.185. The molecule has 4 aromatic rings. The van der Waals surface area contributed by atoms with Crippen LogP contribution in [0.3, 0.4) is 0 Å². The van der Waals surface area contributed by atoms with Crippen LogP contribution in [-0.4, -0.2) is 19.3 Å². The van der Waals surface area contributed by atoms with Crippen molar-refractivity contribution in [1.29, 1.82) is 0 Å². The van der Waals surface area contributed by atoms with Crippen LogP contribution < -0.4 is 9.47 Å². The van der Waals surface area contributed by atoms with Gasteiger partial charge in [-0.05, 0) is 69.6 Å². The van der Waals surface area contributed by atoms with E-state index in [0.29, 0.717) is 22.4 Å². The van der Waals surface area contributed by atoms with Gasteiger partial charge in [-0.15, -0.1) is 0 Å². The Balaban J connectivity index is 1.80. The minimum Gasteiger partial charge on any atom is -0.507 e. The van der Waals surface area contributed by atoms with Crippen LogP contribution in [0.1, 0.15) is 25.0 Å². The molecule has 4 aromatic carbocycles. The number of methoxy groups -OCH3 is 2. The van der Waals surface area contributed by atoms with Crippen molar-refractivity contribution >= 4 is 10.8 Å². The molecule has 6 heteroatoms. The van der Waals surface area contributed by atoms with Gasteiger partial charge >= 0.3 is 0 Å². The Morgan fingerprint density at radius 2 is 1.36 bits per heavy atom. The molecule has 0 amide bonds. The highest BCUT2D eigenvalue weighted by Gasteiger charge is 2.38. The van der Waals surface area contributed by atoms with Crippen molar-refractivity contribution in [3.63, 3.8) is 0 Å². The molecule has 0 saturated carbocycles. The third-order valence-electron chi connectivity index (χ3n) is 6.60. The topological polar surface area (TPSA) is 38.7 Å². The van der Waals surface area contributed by atoms with E-state index in [2.05, 4.69) is 0 Å². The normalized spacial score (nSPS) is 13.7.